The van der Waals surface area contributed by atoms with Crippen LogP contribution >= 0.6 is 12.4 Å². The maximum Gasteiger partial charge on any atom is 0.327 e. The Bertz CT molecular complexity index is 631. The molecule has 0 bridgehead atoms. The van der Waals surface area contributed by atoms with Crippen LogP contribution in [0.25, 0.3) is 0 Å². The summed E-state index contributed by atoms with van der Waals surface area (Å²) in [6.07, 6.45) is 0. The topological polar surface area (TPSA) is 55.4 Å². The first-order valence-electron chi connectivity index (χ1n) is 7.11. The van der Waals surface area contributed by atoms with Gasteiger partial charge in [-0.2, -0.15) is 0 Å². The van der Waals surface area contributed by atoms with Gasteiger partial charge in [-0.05, 0) is 12.5 Å². The van der Waals surface area contributed by atoms with Gasteiger partial charge in [0.2, 0.25) is 0 Å². The molecule has 23 heavy (non-hydrogen) atoms. The van der Waals surface area contributed by atoms with E-state index in [0.717, 1.165) is 5.56 Å². The van der Waals surface area contributed by atoms with Gasteiger partial charge in [0.25, 0.3) is 0 Å². The molecule has 2 aromatic rings. The van der Waals surface area contributed by atoms with Gasteiger partial charge in [0.1, 0.15) is 6.04 Å². The number of Topliss-reactive ketones (excluding diaryl/α,β-unsaturated/α-hetero) is 1. The average molecular weight is 334 g/mol. The predicted octanol–water partition coefficient (Wildman–Crippen LogP) is 3.18. The molecule has 0 saturated heterocycles. The lowest BCUT2D eigenvalue weighted by Crippen LogP contribution is -2.40. The monoisotopic (exact) mass is 333 g/mol. The molecule has 0 aliphatic carbocycles. The summed E-state index contributed by atoms with van der Waals surface area (Å²) in [5.41, 5.74) is 1.38. The Balaban J connectivity index is 0.00000264. The second-order valence-corrected chi connectivity index (χ2v) is 4.99. The smallest absolute Gasteiger partial charge is 0.327 e. The number of rotatable bonds is 6. The molecule has 122 valence electrons. The van der Waals surface area contributed by atoms with Crippen LogP contribution in [-0.2, 0) is 9.53 Å². The molecule has 5 heteroatoms. The quantitative estimate of drug-likeness (QED) is 0.651. The minimum Gasteiger partial charge on any atom is -0.468 e. The number of nitrogens with one attached hydrogen (secondary N) is 1. The molecular weight excluding hydrogens is 314 g/mol. The normalized spacial score (nSPS) is 12.6. The first-order valence-corrected chi connectivity index (χ1v) is 7.11. The molecule has 0 spiro atoms. The number of hydrogen-bond acceptors (Lipinski definition) is 4. The van der Waals surface area contributed by atoms with Crippen molar-refractivity contribution in [2.45, 2.75) is 19.0 Å². The van der Waals surface area contributed by atoms with Gasteiger partial charge in [0.05, 0.1) is 13.2 Å². The van der Waals surface area contributed by atoms with Crippen LogP contribution in [0.2, 0.25) is 0 Å². The largest absolute Gasteiger partial charge is 0.468 e. The lowest BCUT2D eigenvalue weighted by atomic mass is 10.0. The Morgan fingerprint density at radius 2 is 1.48 bits per heavy atom. The number of hydrogen-bond donors (Lipinski definition) is 1. The van der Waals surface area contributed by atoms with E-state index in [2.05, 4.69) is 5.32 Å². The standard InChI is InChI=1S/C18H19NO3.ClH/c1-13(17(20)15-11-7-4-8-12-15)19-16(18(21)22-2)14-9-5-3-6-10-14;/h3-13,16,19H,1-2H3;1H/t13-,16-;/m0./s1. The van der Waals surface area contributed by atoms with E-state index in [0.29, 0.717) is 5.56 Å². The molecule has 1 N–H and O–H groups in total. The molecule has 2 atom stereocenters. The number of ether oxygens (including phenoxy) is 1. The Morgan fingerprint density at radius 3 is 2.00 bits per heavy atom. The second kappa shape index (κ2) is 9.08. The van der Waals surface area contributed by atoms with Gasteiger partial charge in [0.15, 0.2) is 5.78 Å². The average Bonchev–Trinajstić information content (AvgIpc) is 2.59. The van der Waals surface area contributed by atoms with Crippen molar-refractivity contribution in [1.82, 2.24) is 5.32 Å². The van der Waals surface area contributed by atoms with Crippen molar-refractivity contribution < 1.29 is 14.3 Å². The predicted molar refractivity (Wildman–Crippen MR) is 91.8 cm³/mol. The van der Waals surface area contributed by atoms with Crippen molar-refractivity contribution in [2.75, 3.05) is 7.11 Å². The SMILES string of the molecule is COC(=O)[C@@H](N[C@@H](C)C(=O)c1ccccc1)c1ccccc1.Cl. The van der Waals surface area contributed by atoms with Crippen LogP contribution in [0.1, 0.15) is 28.9 Å². The summed E-state index contributed by atoms with van der Waals surface area (Å²) in [5.74, 6) is -0.482. The Hall–Kier alpha value is -2.17. The minimum atomic E-state index is -0.672. The molecule has 0 heterocycles. The van der Waals surface area contributed by atoms with Crippen LogP contribution in [0.4, 0.5) is 0 Å². The number of ketones is 1. The van der Waals surface area contributed by atoms with Gasteiger partial charge < -0.3 is 4.74 Å². The molecular formula is C18H20ClNO3. The lowest BCUT2D eigenvalue weighted by Gasteiger charge is -2.21. The van der Waals surface area contributed by atoms with Crippen LogP contribution in [0.15, 0.2) is 60.7 Å². The van der Waals surface area contributed by atoms with Gasteiger partial charge >= 0.3 is 5.97 Å². The highest BCUT2D eigenvalue weighted by atomic mass is 35.5. The van der Waals surface area contributed by atoms with Gasteiger partial charge in [-0.3, -0.25) is 10.1 Å². The van der Waals surface area contributed by atoms with E-state index >= 15 is 0 Å². The zero-order chi connectivity index (χ0) is 15.9. The zero-order valence-corrected chi connectivity index (χ0v) is 13.9. The molecule has 0 aliphatic heterocycles. The summed E-state index contributed by atoms with van der Waals surface area (Å²) >= 11 is 0. The van der Waals surface area contributed by atoms with Crippen molar-refractivity contribution in [3.8, 4) is 0 Å². The Morgan fingerprint density at radius 1 is 0.957 bits per heavy atom. The fourth-order valence-corrected chi connectivity index (χ4v) is 2.24. The van der Waals surface area contributed by atoms with E-state index < -0.39 is 18.1 Å². The van der Waals surface area contributed by atoms with Crippen molar-refractivity contribution in [3.05, 3.63) is 71.8 Å². The maximum atomic E-state index is 12.4. The molecule has 2 aromatic carbocycles. The fourth-order valence-electron chi connectivity index (χ4n) is 2.24. The first kappa shape index (κ1) is 18.9. The molecule has 0 fully saturated rings. The summed E-state index contributed by atoms with van der Waals surface area (Å²) in [6, 6.07) is 17.0. The van der Waals surface area contributed by atoms with Crippen molar-refractivity contribution >= 4 is 24.2 Å². The van der Waals surface area contributed by atoms with E-state index in [9.17, 15) is 9.59 Å². The highest BCUT2D eigenvalue weighted by molar-refractivity contribution is 6.00. The Labute approximate surface area is 142 Å². The van der Waals surface area contributed by atoms with E-state index in [-0.39, 0.29) is 18.2 Å². The summed E-state index contributed by atoms with van der Waals surface area (Å²) in [4.78, 5) is 24.4. The second-order valence-electron chi connectivity index (χ2n) is 4.99. The van der Waals surface area contributed by atoms with Crippen molar-refractivity contribution in [3.63, 3.8) is 0 Å². The van der Waals surface area contributed by atoms with Gasteiger partial charge in [-0.15, -0.1) is 12.4 Å². The highest BCUT2D eigenvalue weighted by Crippen LogP contribution is 2.16. The third kappa shape index (κ3) is 4.91. The van der Waals surface area contributed by atoms with Crippen molar-refractivity contribution in [1.29, 1.82) is 0 Å². The van der Waals surface area contributed by atoms with Crippen LogP contribution in [0.3, 0.4) is 0 Å². The maximum absolute atomic E-state index is 12.4. The Kier molecular flexibility index (Phi) is 7.45. The van der Waals surface area contributed by atoms with Crippen LogP contribution in [0, 0.1) is 0 Å². The van der Waals surface area contributed by atoms with E-state index in [1.807, 2.05) is 48.5 Å². The third-order valence-corrected chi connectivity index (χ3v) is 3.44. The summed E-state index contributed by atoms with van der Waals surface area (Å²) in [7, 11) is 1.34. The molecule has 0 aliphatic rings. The number of carbonyl (C=O) groups is 2. The number of methoxy groups -OCH3 is 1. The van der Waals surface area contributed by atoms with E-state index in [4.69, 9.17) is 4.74 Å². The number of esters is 1. The van der Waals surface area contributed by atoms with Gasteiger partial charge in [0, 0.05) is 5.56 Å². The fraction of sp³-hybridized carbons (Fsp3) is 0.222. The molecule has 0 aromatic heterocycles. The van der Waals surface area contributed by atoms with Gasteiger partial charge in [-0.25, -0.2) is 4.79 Å². The summed E-state index contributed by atoms with van der Waals surface area (Å²) in [5, 5.41) is 3.06. The van der Waals surface area contributed by atoms with Crippen molar-refractivity contribution in [2.24, 2.45) is 0 Å². The molecule has 0 saturated carbocycles. The van der Waals surface area contributed by atoms with Crippen LogP contribution in [0.5, 0.6) is 0 Å². The molecule has 0 unspecified atom stereocenters. The van der Waals surface area contributed by atoms with Crippen LogP contribution in [-0.4, -0.2) is 24.9 Å². The van der Waals surface area contributed by atoms with E-state index in [1.54, 1.807) is 19.1 Å². The third-order valence-electron chi connectivity index (χ3n) is 3.44. The van der Waals surface area contributed by atoms with Crippen LogP contribution < -0.4 is 5.32 Å². The number of halogens is 1. The first-order chi connectivity index (χ1) is 10.6. The lowest BCUT2D eigenvalue weighted by molar-refractivity contribution is -0.143. The minimum absolute atomic E-state index is 0. The van der Waals surface area contributed by atoms with Gasteiger partial charge in [-0.1, -0.05) is 60.7 Å². The summed E-state index contributed by atoms with van der Waals surface area (Å²) in [6.45, 7) is 1.74. The van der Waals surface area contributed by atoms with E-state index in [1.165, 1.54) is 7.11 Å². The molecule has 2 rings (SSSR count). The molecule has 4 nitrogen and oxygen atoms in total. The molecule has 0 radical (unpaired) electrons. The summed E-state index contributed by atoms with van der Waals surface area (Å²) < 4.78 is 4.84. The highest BCUT2D eigenvalue weighted by Gasteiger charge is 2.26. The zero-order valence-electron chi connectivity index (χ0n) is 13.1. The number of benzene rings is 2. The molecule has 0 amide bonds. The number of carbonyl (C=O) groups excluding carboxylic acids is 2.